The maximum atomic E-state index is 9.60. The Labute approximate surface area is 105 Å². The number of aliphatic hydroxyl groups is 1. The Morgan fingerprint density at radius 2 is 2.35 bits per heavy atom. The number of nitrogens with zero attached hydrogens (tertiary/aromatic N) is 2. The Kier molecular flexibility index (Phi) is 2.76. The third-order valence-electron chi connectivity index (χ3n) is 3.41. The number of imidazole rings is 1. The maximum absolute atomic E-state index is 9.60. The van der Waals surface area contributed by atoms with Gasteiger partial charge in [-0.1, -0.05) is 0 Å². The largest absolute Gasteiger partial charge is 0.390 e. The first-order chi connectivity index (χ1) is 8.31. The van der Waals surface area contributed by atoms with E-state index in [0.29, 0.717) is 0 Å². The topological polar surface area (TPSA) is 38.0 Å². The van der Waals surface area contributed by atoms with Gasteiger partial charge in [-0.3, -0.25) is 0 Å². The average molecular weight is 248 g/mol. The van der Waals surface area contributed by atoms with Gasteiger partial charge in [0, 0.05) is 13.0 Å². The standard InChI is InChI=1S/C13H16N2OS/c1-9-5-7-17-13(9)12-10(8-16)15-6-3-2-4-11(15)14-12/h5,7,16H,2-4,6,8H2,1H3. The minimum Gasteiger partial charge on any atom is -0.390 e. The van der Waals surface area contributed by atoms with Crippen molar-refractivity contribution in [2.45, 2.75) is 39.3 Å². The Bertz CT molecular complexity index is 542. The van der Waals surface area contributed by atoms with Crippen LogP contribution >= 0.6 is 11.3 Å². The van der Waals surface area contributed by atoms with E-state index in [9.17, 15) is 5.11 Å². The fraction of sp³-hybridized carbons (Fsp3) is 0.462. The number of thiophene rings is 1. The van der Waals surface area contributed by atoms with Gasteiger partial charge < -0.3 is 9.67 Å². The molecule has 0 radical (unpaired) electrons. The van der Waals surface area contributed by atoms with E-state index >= 15 is 0 Å². The molecule has 0 aliphatic carbocycles. The summed E-state index contributed by atoms with van der Waals surface area (Å²) in [5.74, 6) is 1.14. The zero-order valence-corrected chi connectivity index (χ0v) is 10.8. The van der Waals surface area contributed by atoms with E-state index in [1.54, 1.807) is 11.3 Å². The SMILES string of the molecule is Cc1ccsc1-c1nc2n(c1CO)CCCC2. The van der Waals surface area contributed by atoms with E-state index in [-0.39, 0.29) is 6.61 Å². The van der Waals surface area contributed by atoms with Gasteiger partial charge in [-0.05, 0) is 36.8 Å². The van der Waals surface area contributed by atoms with Gasteiger partial charge in [0.25, 0.3) is 0 Å². The van der Waals surface area contributed by atoms with Crippen molar-refractivity contribution in [1.29, 1.82) is 0 Å². The van der Waals surface area contributed by atoms with E-state index in [1.165, 1.54) is 23.3 Å². The summed E-state index contributed by atoms with van der Waals surface area (Å²) < 4.78 is 2.21. The molecule has 0 amide bonds. The highest BCUT2D eigenvalue weighted by Gasteiger charge is 2.21. The molecule has 2 aromatic rings. The molecule has 0 saturated carbocycles. The molecule has 1 aliphatic heterocycles. The van der Waals surface area contributed by atoms with Crippen molar-refractivity contribution in [2.75, 3.05) is 0 Å². The fourth-order valence-electron chi connectivity index (χ4n) is 2.50. The van der Waals surface area contributed by atoms with Crippen LogP contribution in [0.25, 0.3) is 10.6 Å². The van der Waals surface area contributed by atoms with Gasteiger partial charge >= 0.3 is 0 Å². The summed E-state index contributed by atoms with van der Waals surface area (Å²) >= 11 is 1.71. The lowest BCUT2D eigenvalue weighted by atomic mass is 10.1. The zero-order valence-electron chi connectivity index (χ0n) is 9.94. The van der Waals surface area contributed by atoms with Crippen LogP contribution in [0, 0.1) is 6.92 Å². The number of aliphatic hydroxyl groups excluding tert-OH is 1. The van der Waals surface area contributed by atoms with Crippen molar-refractivity contribution in [3.8, 4) is 10.6 Å². The summed E-state index contributed by atoms with van der Waals surface area (Å²) in [6.07, 6.45) is 3.45. The molecule has 0 saturated heterocycles. The third-order valence-corrected chi connectivity index (χ3v) is 4.43. The number of aryl methyl sites for hydroxylation is 2. The maximum Gasteiger partial charge on any atom is 0.109 e. The molecule has 4 heteroatoms. The second-order valence-corrected chi connectivity index (χ2v) is 5.44. The lowest BCUT2D eigenvalue weighted by molar-refractivity contribution is 0.268. The van der Waals surface area contributed by atoms with Crippen LogP contribution in [-0.4, -0.2) is 14.7 Å². The molecule has 0 bridgehead atoms. The molecule has 0 unspecified atom stereocenters. The summed E-state index contributed by atoms with van der Waals surface area (Å²) in [4.78, 5) is 5.94. The van der Waals surface area contributed by atoms with Gasteiger partial charge in [-0.15, -0.1) is 11.3 Å². The highest BCUT2D eigenvalue weighted by Crippen LogP contribution is 2.33. The summed E-state index contributed by atoms with van der Waals surface area (Å²) in [7, 11) is 0. The Hall–Kier alpha value is -1.13. The second kappa shape index (κ2) is 4.27. The first-order valence-electron chi connectivity index (χ1n) is 6.05. The van der Waals surface area contributed by atoms with Gasteiger partial charge in [0.15, 0.2) is 0 Å². The van der Waals surface area contributed by atoms with Crippen LogP contribution < -0.4 is 0 Å². The molecule has 17 heavy (non-hydrogen) atoms. The van der Waals surface area contributed by atoms with Crippen LogP contribution in [0.1, 0.15) is 29.9 Å². The number of hydrogen-bond acceptors (Lipinski definition) is 3. The van der Waals surface area contributed by atoms with E-state index in [1.807, 2.05) is 0 Å². The fourth-order valence-corrected chi connectivity index (χ4v) is 3.44. The minimum atomic E-state index is 0.0830. The van der Waals surface area contributed by atoms with E-state index in [2.05, 4.69) is 22.9 Å². The highest BCUT2D eigenvalue weighted by atomic mass is 32.1. The summed E-state index contributed by atoms with van der Waals surface area (Å²) in [6, 6.07) is 2.11. The van der Waals surface area contributed by atoms with Crippen LogP contribution in [-0.2, 0) is 19.6 Å². The highest BCUT2D eigenvalue weighted by molar-refractivity contribution is 7.13. The predicted octanol–water partition coefficient (Wildman–Crippen LogP) is 2.75. The van der Waals surface area contributed by atoms with Crippen molar-refractivity contribution in [3.05, 3.63) is 28.5 Å². The number of fused-ring (bicyclic) bond motifs is 1. The van der Waals surface area contributed by atoms with E-state index in [0.717, 1.165) is 30.2 Å². The first-order valence-corrected chi connectivity index (χ1v) is 6.93. The third kappa shape index (κ3) is 1.72. The molecule has 1 aliphatic rings. The minimum absolute atomic E-state index is 0.0830. The molecular formula is C13H16N2OS. The van der Waals surface area contributed by atoms with Gasteiger partial charge in [-0.25, -0.2) is 4.98 Å². The van der Waals surface area contributed by atoms with Crippen molar-refractivity contribution in [3.63, 3.8) is 0 Å². The second-order valence-electron chi connectivity index (χ2n) is 4.52. The average Bonchev–Trinajstić information content (AvgIpc) is 2.91. The monoisotopic (exact) mass is 248 g/mol. The molecule has 0 atom stereocenters. The molecule has 0 fully saturated rings. The smallest absolute Gasteiger partial charge is 0.109 e. The molecule has 0 spiro atoms. The molecule has 0 aromatic carbocycles. The molecular weight excluding hydrogens is 232 g/mol. The predicted molar refractivity (Wildman–Crippen MR) is 69.1 cm³/mol. The van der Waals surface area contributed by atoms with Crippen LogP contribution in [0.15, 0.2) is 11.4 Å². The summed E-state index contributed by atoms with van der Waals surface area (Å²) in [5, 5.41) is 11.7. The number of hydrogen-bond donors (Lipinski definition) is 1. The van der Waals surface area contributed by atoms with Gasteiger partial charge in [0.2, 0.25) is 0 Å². The first kappa shape index (κ1) is 11.0. The molecule has 2 aromatic heterocycles. The molecule has 1 N–H and O–H groups in total. The van der Waals surface area contributed by atoms with Gasteiger partial charge in [0.1, 0.15) is 11.5 Å². The van der Waals surface area contributed by atoms with E-state index < -0.39 is 0 Å². The zero-order chi connectivity index (χ0) is 11.8. The quantitative estimate of drug-likeness (QED) is 0.887. The Morgan fingerprint density at radius 1 is 1.47 bits per heavy atom. The van der Waals surface area contributed by atoms with Crippen molar-refractivity contribution in [1.82, 2.24) is 9.55 Å². The Balaban J connectivity index is 2.17. The molecule has 3 rings (SSSR count). The van der Waals surface area contributed by atoms with Crippen LogP contribution in [0.3, 0.4) is 0 Å². The lowest BCUT2D eigenvalue weighted by Crippen LogP contribution is -2.12. The summed E-state index contributed by atoms with van der Waals surface area (Å²) in [6.45, 7) is 3.19. The molecule has 3 nitrogen and oxygen atoms in total. The van der Waals surface area contributed by atoms with Crippen molar-refractivity contribution < 1.29 is 5.11 Å². The molecule has 90 valence electrons. The van der Waals surface area contributed by atoms with Crippen LogP contribution in [0.2, 0.25) is 0 Å². The van der Waals surface area contributed by atoms with Gasteiger partial charge in [-0.2, -0.15) is 0 Å². The number of rotatable bonds is 2. The van der Waals surface area contributed by atoms with Crippen LogP contribution in [0.5, 0.6) is 0 Å². The van der Waals surface area contributed by atoms with Crippen molar-refractivity contribution in [2.24, 2.45) is 0 Å². The van der Waals surface area contributed by atoms with E-state index in [4.69, 9.17) is 4.98 Å². The lowest BCUT2D eigenvalue weighted by Gasteiger charge is -2.15. The number of aromatic nitrogens is 2. The van der Waals surface area contributed by atoms with Crippen LogP contribution in [0.4, 0.5) is 0 Å². The summed E-state index contributed by atoms with van der Waals surface area (Å²) in [5.41, 5.74) is 3.24. The normalized spacial score (nSPS) is 14.9. The van der Waals surface area contributed by atoms with Gasteiger partial charge in [0.05, 0.1) is 17.2 Å². The Morgan fingerprint density at radius 3 is 3.06 bits per heavy atom. The van der Waals surface area contributed by atoms with Crippen molar-refractivity contribution >= 4 is 11.3 Å². The molecule has 3 heterocycles.